The first-order valence-electron chi connectivity index (χ1n) is 5.54. The van der Waals surface area contributed by atoms with Gasteiger partial charge in [0.25, 0.3) is 0 Å². The Morgan fingerprint density at radius 1 is 1.16 bits per heavy atom. The molecule has 2 nitrogen and oxygen atoms in total. The van der Waals surface area contributed by atoms with Crippen LogP contribution in [-0.4, -0.2) is 5.91 Å². The minimum absolute atomic E-state index is 0.0823. The summed E-state index contributed by atoms with van der Waals surface area (Å²) in [4.78, 5) is 12.0. The van der Waals surface area contributed by atoms with E-state index < -0.39 is 0 Å². The Bertz CT molecular complexity index is 616. The Morgan fingerprint density at radius 3 is 2.68 bits per heavy atom. The van der Waals surface area contributed by atoms with E-state index in [0.29, 0.717) is 17.1 Å². The predicted molar refractivity (Wildman–Crippen MR) is 85.6 cm³/mol. The third kappa shape index (κ3) is 4.34. The van der Waals surface area contributed by atoms with E-state index in [9.17, 15) is 4.79 Å². The standard InChI is InChI=1S/C14H10Br2ClNO/c15-10-3-1-2-9(6-10)7-14(19)18-13-8-11(17)4-5-12(13)16/h1-6,8H,7H2,(H,18,19). The van der Waals surface area contributed by atoms with Crippen LogP contribution in [0, 0.1) is 0 Å². The van der Waals surface area contributed by atoms with Gasteiger partial charge in [0.15, 0.2) is 0 Å². The third-order valence-corrected chi connectivity index (χ3v) is 3.88. The summed E-state index contributed by atoms with van der Waals surface area (Å²) in [5.74, 6) is -0.0823. The van der Waals surface area contributed by atoms with Crippen LogP contribution in [0.25, 0.3) is 0 Å². The van der Waals surface area contributed by atoms with Crippen LogP contribution >= 0.6 is 43.5 Å². The fourth-order valence-electron chi connectivity index (χ4n) is 1.62. The summed E-state index contributed by atoms with van der Waals surface area (Å²) in [6, 6.07) is 12.9. The summed E-state index contributed by atoms with van der Waals surface area (Å²) in [5.41, 5.74) is 1.62. The zero-order chi connectivity index (χ0) is 13.8. The third-order valence-electron chi connectivity index (χ3n) is 2.46. The van der Waals surface area contributed by atoms with E-state index in [1.54, 1.807) is 18.2 Å². The molecule has 2 rings (SSSR count). The predicted octanol–water partition coefficient (Wildman–Crippen LogP) is 5.05. The van der Waals surface area contributed by atoms with Gasteiger partial charge in [-0.1, -0.05) is 39.7 Å². The van der Waals surface area contributed by atoms with E-state index in [-0.39, 0.29) is 5.91 Å². The molecule has 0 saturated carbocycles. The highest BCUT2D eigenvalue weighted by atomic mass is 79.9. The first-order chi connectivity index (χ1) is 9.04. The van der Waals surface area contributed by atoms with Crippen LogP contribution < -0.4 is 5.32 Å². The van der Waals surface area contributed by atoms with Crippen molar-refractivity contribution in [1.29, 1.82) is 0 Å². The molecule has 0 aliphatic rings. The first-order valence-corrected chi connectivity index (χ1v) is 7.50. The van der Waals surface area contributed by atoms with E-state index in [2.05, 4.69) is 37.2 Å². The topological polar surface area (TPSA) is 29.1 Å². The van der Waals surface area contributed by atoms with Gasteiger partial charge in [-0.05, 0) is 51.8 Å². The van der Waals surface area contributed by atoms with Gasteiger partial charge in [-0.3, -0.25) is 4.79 Å². The lowest BCUT2D eigenvalue weighted by Crippen LogP contribution is -2.14. The molecule has 1 amide bonds. The molecule has 0 atom stereocenters. The number of carbonyl (C=O) groups excluding carboxylic acids is 1. The molecule has 2 aromatic carbocycles. The normalized spacial score (nSPS) is 10.3. The Kier molecular flexibility index (Phi) is 5.02. The molecule has 5 heteroatoms. The average Bonchev–Trinajstić information content (AvgIpc) is 2.34. The van der Waals surface area contributed by atoms with Crippen LogP contribution in [0.1, 0.15) is 5.56 Å². The molecule has 0 heterocycles. The molecule has 98 valence electrons. The van der Waals surface area contributed by atoms with Crippen molar-refractivity contribution in [2.24, 2.45) is 0 Å². The number of carbonyl (C=O) groups is 1. The van der Waals surface area contributed by atoms with Crippen molar-refractivity contribution in [2.75, 3.05) is 5.32 Å². The van der Waals surface area contributed by atoms with Gasteiger partial charge in [0, 0.05) is 14.0 Å². The molecule has 0 spiro atoms. The molecule has 0 fully saturated rings. The van der Waals surface area contributed by atoms with E-state index in [0.717, 1.165) is 14.5 Å². The molecule has 1 N–H and O–H groups in total. The molecule has 0 saturated heterocycles. The maximum atomic E-state index is 12.0. The van der Waals surface area contributed by atoms with Crippen LogP contribution in [0.15, 0.2) is 51.4 Å². The lowest BCUT2D eigenvalue weighted by Gasteiger charge is -2.08. The number of rotatable bonds is 3. The summed E-state index contributed by atoms with van der Waals surface area (Å²) >= 11 is 12.7. The number of anilines is 1. The molecule has 19 heavy (non-hydrogen) atoms. The summed E-state index contributed by atoms with van der Waals surface area (Å²) in [6.45, 7) is 0. The molecule has 0 aliphatic carbocycles. The molecule has 0 unspecified atom stereocenters. The highest BCUT2D eigenvalue weighted by molar-refractivity contribution is 9.10. The molecular formula is C14H10Br2ClNO. The summed E-state index contributed by atoms with van der Waals surface area (Å²) < 4.78 is 1.77. The van der Waals surface area contributed by atoms with Gasteiger partial charge in [-0.25, -0.2) is 0 Å². The summed E-state index contributed by atoms with van der Waals surface area (Å²) in [6.07, 6.45) is 0.318. The fourth-order valence-corrected chi connectivity index (χ4v) is 2.58. The number of benzene rings is 2. The molecule has 0 radical (unpaired) electrons. The van der Waals surface area contributed by atoms with Crippen LogP contribution in [-0.2, 0) is 11.2 Å². The van der Waals surface area contributed by atoms with Crippen molar-refractivity contribution in [3.63, 3.8) is 0 Å². The van der Waals surface area contributed by atoms with Crippen LogP contribution in [0.5, 0.6) is 0 Å². The van der Waals surface area contributed by atoms with Crippen molar-refractivity contribution >= 4 is 55.1 Å². The van der Waals surface area contributed by atoms with Gasteiger partial charge in [0.1, 0.15) is 0 Å². The van der Waals surface area contributed by atoms with E-state index in [1.165, 1.54) is 0 Å². The highest BCUT2D eigenvalue weighted by Gasteiger charge is 2.07. The van der Waals surface area contributed by atoms with E-state index in [4.69, 9.17) is 11.6 Å². The highest BCUT2D eigenvalue weighted by Crippen LogP contribution is 2.26. The Morgan fingerprint density at radius 2 is 1.95 bits per heavy atom. The van der Waals surface area contributed by atoms with Crippen LogP contribution in [0.4, 0.5) is 5.69 Å². The lowest BCUT2D eigenvalue weighted by atomic mass is 10.1. The lowest BCUT2D eigenvalue weighted by molar-refractivity contribution is -0.115. The smallest absolute Gasteiger partial charge is 0.228 e. The first kappa shape index (κ1) is 14.6. The fraction of sp³-hybridized carbons (Fsp3) is 0.0714. The van der Waals surface area contributed by atoms with Crippen LogP contribution in [0.3, 0.4) is 0 Å². The van der Waals surface area contributed by atoms with Crippen molar-refractivity contribution in [2.45, 2.75) is 6.42 Å². The molecule has 2 aromatic rings. The number of hydrogen-bond donors (Lipinski definition) is 1. The van der Waals surface area contributed by atoms with E-state index >= 15 is 0 Å². The SMILES string of the molecule is O=C(Cc1cccc(Br)c1)Nc1cc(Cl)ccc1Br. The zero-order valence-corrected chi connectivity index (χ0v) is 13.7. The summed E-state index contributed by atoms with van der Waals surface area (Å²) in [5, 5.41) is 3.42. The molecule has 0 bridgehead atoms. The van der Waals surface area contributed by atoms with Crippen molar-refractivity contribution < 1.29 is 4.79 Å². The monoisotopic (exact) mass is 401 g/mol. The van der Waals surface area contributed by atoms with Gasteiger partial charge in [0.2, 0.25) is 5.91 Å². The zero-order valence-electron chi connectivity index (χ0n) is 9.79. The largest absolute Gasteiger partial charge is 0.325 e. The molecule has 0 aromatic heterocycles. The minimum atomic E-state index is -0.0823. The van der Waals surface area contributed by atoms with Crippen molar-refractivity contribution in [3.8, 4) is 0 Å². The Labute approximate surface area is 133 Å². The van der Waals surface area contributed by atoms with Crippen molar-refractivity contribution in [1.82, 2.24) is 0 Å². The Hall–Kier alpha value is -0.840. The molecular weight excluding hydrogens is 393 g/mol. The van der Waals surface area contributed by atoms with Crippen LogP contribution in [0.2, 0.25) is 5.02 Å². The average molecular weight is 404 g/mol. The number of nitrogens with one attached hydrogen (secondary N) is 1. The van der Waals surface area contributed by atoms with Gasteiger partial charge in [-0.15, -0.1) is 0 Å². The van der Waals surface area contributed by atoms with Crippen molar-refractivity contribution in [3.05, 3.63) is 62.0 Å². The molecule has 0 aliphatic heterocycles. The maximum Gasteiger partial charge on any atom is 0.228 e. The second kappa shape index (κ2) is 6.55. The maximum absolute atomic E-state index is 12.0. The summed E-state index contributed by atoms with van der Waals surface area (Å²) in [7, 11) is 0. The number of hydrogen-bond acceptors (Lipinski definition) is 1. The number of amides is 1. The van der Waals surface area contributed by atoms with Gasteiger partial charge < -0.3 is 5.32 Å². The second-order valence-electron chi connectivity index (χ2n) is 3.98. The van der Waals surface area contributed by atoms with E-state index in [1.807, 2.05) is 24.3 Å². The second-order valence-corrected chi connectivity index (χ2v) is 6.19. The number of halogens is 3. The van der Waals surface area contributed by atoms with Gasteiger partial charge >= 0.3 is 0 Å². The Balaban J connectivity index is 2.07. The quantitative estimate of drug-likeness (QED) is 0.764. The minimum Gasteiger partial charge on any atom is -0.325 e. The van der Waals surface area contributed by atoms with Gasteiger partial charge in [-0.2, -0.15) is 0 Å². The van der Waals surface area contributed by atoms with Gasteiger partial charge in [0.05, 0.1) is 12.1 Å².